The average molecular weight is 624 g/mol. The van der Waals surface area contributed by atoms with E-state index in [-0.39, 0.29) is 0 Å². The van der Waals surface area contributed by atoms with Gasteiger partial charge in [0, 0.05) is 26.5 Å². The predicted octanol–water partition coefficient (Wildman–Crippen LogP) is 13.8. The minimum absolute atomic E-state index is 0.707. The van der Waals surface area contributed by atoms with E-state index in [1.165, 1.54) is 85.1 Å². The van der Waals surface area contributed by atoms with Crippen molar-refractivity contribution in [2.45, 2.75) is 38.0 Å². The Bertz CT molecular complexity index is 2640. The lowest BCUT2D eigenvalue weighted by Gasteiger charge is -2.27. The molecule has 1 aliphatic carbocycles. The van der Waals surface area contributed by atoms with Crippen molar-refractivity contribution in [3.8, 4) is 0 Å². The fraction of sp³-hybridized carbons (Fsp3) is 0.136. The molecule has 0 N–H and O–H groups in total. The number of fused-ring (bicyclic) bond motifs is 9. The molecular weight excluding hydrogens is 591 g/mol. The van der Waals surface area contributed by atoms with Crippen LogP contribution in [-0.2, 0) is 0 Å². The van der Waals surface area contributed by atoms with E-state index in [9.17, 15) is 0 Å². The van der Waals surface area contributed by atoms with Crippen LogP contribution in [0, 0.1) is 0 Å². The van der Waals surface area contributed by atoms with Gasteiger partial charge >= 0.3 is 0 Å². The highest BCUT2D eigenvalue weighted by Crippen LogP contribution is 2.48. The third kappa shape index (κ3) is 4.30. The largest absolute Gasteiger partial charge is 0.456 e. The fourth-order valence-corrected chi connectivity index (χ4v) is 9.37. The van der Waals surface area contributed by atoms with Crippen molar-refractivity contribution in [2.24, 2.45) is 0 Å². The van der Waals surface area contributed by atoms with E-state index in [0.29, 0.717) is 5.92 Å². The highest BCUT2D eigenvalue weighted by atomic mass is 32.1. The third-order valence-electron chi connectivity index (χ3n) is 10.4. The second-order valence-corrected chi connectivity index (χ2v) is 14.2. The average Bonchev–Trinajstić information content (AvgIpc) is 3.71. The van der Waals surface area contributed by atoms with Gasteiger partial charge in [-0.05, 0) is 88.3 Å². The summed E-state index contributed by atoms with van der Waals surface area (Å²) in [5, 5.41) is 10.1. The molecule has 2 aromatic heterocycles. The fourth-order valence-electron chi connectivity index (χ4n) is 8.16. The van der Waals surface area contributed by atoms with Crippen LogP contribution in [0.25, 0.3) is 63.7 Å². The molecule has 0 bridgehead atoms. The number of para-hydroxylation sites is 1. The maximum atomic E-state index is 6.40. The topological polar surface area (TPSA) is 16.4 Å². The predicted molar refractivity (Wildman–Crippen MR) is 202 cm³/mol. The number of hydrogen-bond donors (Lipinski definition) is 0. The van der Waals surface area contributed by atoms with E-state index in [0.717, 1.165) is 33.3 Å². The Hall–Kier alpha value is -5.12. The summed E-state index contributed by atoms with van der Waals surface area (Å²) in [5.41, 5.74) is 6.76. The van der Waals surface area contributed by atoms with E-state index in [4.69, 9.17) is 4.42 Å². The molecule has 0 atom stereocenters. The normalized spacial score (nSPS) is 14.3. The van der Waals surface area contributed by atoms with Crippen LogP contribution >= 0.6 is 11.3 Å². The number of thiophene rings is 1. The standard InChI is InChI=1S/C44H33NOS/c1-2-10-28(11-3-1)29-22-24-33-30(26-29)20-21-31-27-32(23-25-34(31)33)45(38-15-9-18-41-43(38)37-13-4-6-17-40(37)46-41)39-16-8-14-36-35-12-5-7-19-42(35)47-44(36)39/h4-9,12-28H,1-3,10-11H2. The Morgan fingerprint density at radius 2 is 1.23 bits per heavy atom. The molecule has 226 valence electrons. The lowest BCUT2D eigenvalue weighted by atomic mass is 9.83. The maximum Gasteiger partial charge on any atom is 0.137 e. The van der Waals surface area contributed by atoms with Crippen LogP contribution in [0.15, 0.2) is 138 Å². The van der Waals surface area contributed by atoms with E-state index >= 15 is 0 Å². The van der Waals surface area contributed by atoms with Crippen LogP contribution in [0.1, 0.15) is 43.6 Å². The molecular formula is C44H33NOS. The molecule has 3 heteroatoms. The van der Waals surface area contributed by atoms with Gasteiger partial charge in [0.15, 0.2) is 0 Å². The molecule has 0 aliphatic heterocycles. The summed E-state index contributed by atoms with van der Waals surface area (Å²) in [4.78, 5) is 2.46. The second-order valence-electron chi connectivity index (χ2n) is 13.1. The first-order chi connectivity index (χ1) is 23.3. The highest BCUT2D eigenvalue weighted by Gasteiger charge is 2.23. The quantitative estimate of drug-likeness (QED) is 0.181. The summed E-state index contributed by atoms with van der Waals surface area (Å²) in [7, 11) is 0. The lowest BCUT2D eigenvalue weighted by molar-refractivity contribution is 0.444. The van der Waals surface area contributed by atoms with Crippen LogP contribution < -0.4 is 4.90 Å². The summed E-state index contributed by atoms with van der Waals surface area (Å²) in [5.74, 6) is 0.707. The number of furan rings is 1. The van der Waals surface area contributed by atoms with Crippen LogP contribution in [-0.4, -0.2) is 0 Å². The Balaban J connectivity index is 1.21. The molecule has 2 heterocycles. The first-order valence-electron chi connectivity index (χ1n) is 16.9. The summed E-state index contributed by atoms with van der Waals surface area (Å²) in [6.45, 7) is 0. The van der Waals surface area contributed by atoms with Crippen molar-refractivity contribution >= 4 is 92.1 Å². The molecule has 9 aromatic rings. The molecule has 0 saturated heterocycles. The Morgan fingerprint density at radius 1 is 0.532 bits per heavy atom. The SMILES string of the molecule is c1ccc2c(c1)oc1cccc(N(c3ccc4c(ccc5cc(C6CCCCC6)ccc54)c3)c3cccc4c3sc3ccccc34)c12. The van der Waals surface area contributed by atoms with Crippen LogP contribution in [0.2, 0.25) is 0 Å². The second kappa shape index (κ2) is 10.7. The van der Waals surface area contributed by atoms with Gasteiger partial charge in [0.05, 0.1) is 21.5 Å². The molecule has 0 amide bonds. The zero-order valence-electron chi connectivity index (χ0n) is 26.1. The van der Waals surface area contributed by atoms with Crippen molar-refractivity contribution in [2.75, 3.05) is 4.90 Å². The number of rotatable bonds is 4. The van der Waals surface area contributed by atoms with Gasteiger partial charge in [-0.15, -0.1) is 11.3 Å². The van der Waals surface area contributed by atoms with Gasteiger partial charge in [0.2, 0.25) is 0 Å². The Labute approximate surface area is 277 Å². The van der Waals surface area contributed by atoms with Gasteiger partial charge in [-0.2, -0.15) is 0 Å². The minimum Gasteiger partial charge on any atom is -0.456 e. The molecule has 2 nitrogen and oxygen atoms in total. The summed E-state index contributed by atoms with van der Waals surface area (Å²) in [6, 6.07) is 49.2. The first-order valence-corrected chi connectivity index (χ1v) is 17.7. The molecule has 0 spiro atoms. The molecule has 0 unspecified atom stereocenters. The van der Waals surface area contributed by atoms with Gasteiger partial charge in [0.1, 0.15) is 11.2 Å². The van der Waals surface area contributed by atoms with Crippen molar-refractivity contribution in [1.82, 2.24) is 0 Å². The molecule has 7 aromatic carbocycles. The number of anilines is 3. The van der Waals surface area contributed by atoms with Crippen molar-refractivity contribution in [1.29, 1.82) is 0 Å². The molecule has 1 aliphatic rings. The Morgan fingerprint density at radius 3 is 2.13 bits per heavy atom. The lowest BCUT2D eigenvalue weighted by Crippen LogP contribution is -2.10. The van der Waals surface area contributed by atoms with E-state index in [1.54, 1.807) is 0 Å². The number of hydrogen-bond acceptors (Lipinski definition) is 3. The molecule has 1 saturated carbocycles. The summed E-state index contributed by atoms with van der Waals surface area (Å²) < 4.78 is 8.99. The van der Waals surface area contributed by atoms with Gasteiger partial charge in [-0.25, -0.2) is 0 Å². The Kier molecular flexibility index (Phi) is 6.17. The van der Waals surface area contributed by atoms with Gasteiger partial charge in [-0.3, -0.25) is 0 Å². The van der Waals surface area contributed by atoms with Crippen molar-refractivity contribution < 1.29 is 4.42 Å². The van der Waals surface area contributed by atoms with Crippen molar-refractivity contribution in [3.05, 3.63) is 139 Å². The van der Waals surface area contributed by atoms with Gasteiger partial charge < -0.3 is 9.32 Å². The highest BCUT2D eigenvalue weighted by molar-refractivity contribution is 7.26. The van der Waals surface area contributed by atoms with Crippen LogP contribution in [0.5, 0.6) is 0 Å². The monoisotopic (exact) mass is 623 g/mol. The molecule has 1 fully saturated rings. The minimum atomic E-state index is 0.707. The smallest absolute Gasteiger partial charge is 0.137 e. The maximum absolute atomic E-state index is 6.40. The van der Waals surface area contributed by atoms with Crippen LogP contribution in [0.4, 0.5) is 17.1 Å². The van der Waals surface area contributed by atoms with Crippen molar-refractivity contribution in [3.63, 3.8) is 0 Å². The van der Waals surface area contributed by atoms with Crippen LogP contribution in [0.3, 0.4) is 0 Å². The molecule has 0 radical (unpaired) electrons. The van der Waals surface area contributed by atoms with E-state index < -0.39 is 0 Å². The van der Waals surface area contributed by atoms with Gasteiger partial charge in [0.25, 0.3) is 0 Å². The van der Waals surface area contributed by atoms with Gasteiger partial charge in [-0.1, -0.05) is 110 Å². The third-order valence-corrected chi connectivity index (χ3v) is 11.6. The number of benzene rings is 7. The zero-order valence-corrected chi connectivity index (χ0v) is 26.9. The molecule has 47 heavy (non-hydrogen) atoms. The molecule has 10 rings (SSSR count). The zero-order chi connectivity index (χ0) is 30.9. The van der Waals surface area contributed by atoms with E-state index in [2.05, 4.69) is 132 Å². The first kappa shape index (κ1) is 27.0. The van der Waals surface area contributed by atoms with E-state index in [1.807, 2.05) is 17.4 Å². The summed E-state index contributed by atoms with van der Waals surface area (Å²) >= 11 is 1.87. The summed E-state index contributed by atoms with van der Waals surface area (Å²) in [6.07, 6.45) is 6.75. The number of nitrogens with zero attached hydrogens (tertiary/aromatic N) is 1.